The van der Waals surface area contributed by atoms with Crippen molar-refractivity contribution in [3.8, 4) is 0 Å². The number of aliphatic imine (C=N–C) groups is 1. The van der Waals surface area contributed by atoms with E-state index in [2.05, 4.69) is 53.3 Å². The second kappa shape index (κ2) is 12.2. The van der Waals surface area contributed by atoms with Crippen molar-refractivity contribution in [2.75, 3.05) is 33.8 Å². The largest absolute Gasteiger partial charge is 0.375 e. The molecule has 0 bridgehead atoms. The molecule has 0 saturated heterocycles. The van der Waals surface area contributed by atoms with E-state index in [-0.39, 0.29) is 30.1 Å². The van der Waals surface area contributed by atoms with Crippen LogP contribution in [0.3, 0.4) is 0 Å². The van der Waals surface area contributed by atoms with Gasteiger partial charge in [0.25, 0.3) is 0 Å². The molecule has 1 aromatic heterocycles. The Labute approximate surface area is 185 Å². The third-order valence-corrected chi connectivity index (χ3v) is 5.72. The summed E-state index contributed by atoms with van der Waals surface area (Å²) in [4.78, 5) is 14.3. The van der Waals surface area contributed by atoms with E-state index in [0.717, 1.165) is 48.9 Å². The van der Waals surface area contributed by atoms with Crippen LogP contribution in [0.2, 0.25) is 0 Å². The molecule has 1 aromatic rings. The Bertz CT molecular complexity index is 574. The summed E-state index contributed by atoms with van der Waals surface area (Å²) >= 11 is 1.65. The third kappa shape index (κ3) is 7.83. The molecule has 0 radical (unpaired) electrons. The summed E-state index contributed by atoms with van der Waals surface area (Å²) in [5.41, 5.74) is 1.06. The van der Waals surface area contributed by atoms with Crippen LogP contribution in [0.25, 0.3) is 0 Å². The third-order valence-electron chi connectivity index (χ3n) is 4.67. The van der Waals surface area contributed by atoms with E-state index in [1.54, 1.807) is 18.4 Å². The van der Waals surface area contributed by atoms with Gasteiger partial charge in [-0.3, -0.25) is 9.89 Å². The van der Waals surface area contributed by atoms with Crippen LogP contribution in [0.1, 0.15) is 57.3 Å². The van der Waals surface area contributed by atoms with Crippen LogP contribution in [-0.2, 0) is 11.3 Å². The standard InChI is InChI=1S/C19H35N5OS.HI/c1-7-20-19(21-10-11-24(14(2)3)17-8-9-17)23(5)12-16-13-26-18(22-16)15(4)25-6;/h13-15,17H,7-12H2,1-6H3,(H,20,21);1H. The molecule has 1 N–H and O–H groups in total. The smallest absolute Gasteiger partial charge is 0.194 e. The van der Waals surface area contributed by atoms with Crippen LogP contribution in [-0.4, -0.2) is 66.6 Å². The van der Waals surface area contributed by atoms with E-state index in [1.165, 1.54) is 12.8 Å². The fourth-order valence-corrected chi connectivity index (χ4v) is 3.85. The number of guanidine groups is 1. The van der Waals surface area contributed by atoms with Gasteiger partial charge in [0.1, 0.15) is 11.1 Å². The fourth-order valence-electron chi connectivity index (χ4n) is 3.01. The molecular formula is C19H36IN5OS. The Hall–Kier alpha value is -0.450. The lowest BCUT2D eigenvalue weighted by Crippen LogP contribution is -2.40. The number of hydrogen-bond donors (Lipinski definition) is 1. The molecule has 1 aliphatic carbocycles. The van der Waals surface area contributed by atoms with E-state index in [9.17, 15) is 0 Å². The second-order valence-electron chi connectivity index (χ2n) is 7.21. The zero-order chi connectivity index (χ0) is 19.1. The summed E-state index contributed by atoms with van der Waals surface area (Å²) in [6.07, 6.45) is 2.73. The van der Waals surface area contributed by atoms with E-state index in [1.807, 2.05) is 6.92 Å². The number of halogens is 1. The molecule has 0 spiro atoms. The van der Waals surface area contributed by atoms with Crippen LogP contribution in [0.5, 0.6) is 0 Å². The summed E-state index contributed by atoms with van der Waals surface area (Å²) in [7, 11) is 3.79. The number of nitrogens with zero attached hydrogens (tertiary/aromatic N) is 4. The monoisotopic (exact) mass is 509 g/mol. The molecule has 1 heterocycles. The minimum Gasteiger partial charge on any atom is -0.375 e. The molecule has 27 heavy (non-hydrogen) atoms. The number of thiazole rings is 1. The summed E-state index contributed by atoms with van der Waals surface area (Å²) < 4.78 is 5.35. The minimum atomic E-state index is 0. The topological polar surface area (TPSA) is 53.0 Å². The highest BCUT2D eigenvalue weighted by Crippen LogP contribution is 2.28. The van der Waals surface area contributed by atoms with Gasteiger partial charge in [-0.15, -0.1) is 35.3 Å². The lowest BCUT2D eigenvalue weighted by molar-refractivity contribution is 0.119. The first-order valence-corrected chi connectivity index (χ1v) is 10.6. The van der Waals surface area contributed by atoms with Gasteiger partial charge in [-0.1, -0.05) is 0 Å². The SMILES string of the molecule is CCNC(=NCCN(C(C)C)C1CC1)N(C)Cc1csc(C(C)OC)n1.I. The Balaban J connectivity index is 0.00000364. The number of nitrogens with one attached hydrogen (secondary N) is 1. The minimum absolute atomic E-state index is 0. The maximum absolute atomic E-state index is 5.35. The zero-order valence-electron chi connectivity index (χ0n) is 17.6. The quantitative estimate of drug-likeness (QED) is 0.296. The predicted octanol–water partition coefficient (Wildman–Crippen LogP) is 3.74. The summed E-state index contributed by atoms with van der Waals surface area (Å²) in [5, 5.41) is 6.53. The van der Waals surface area contributed by atoms with Gasteiger partial charge in [-0.05, 0) is 40.5 Å². The van der Waals surface area contributed by atoms with Gasteiger partial charge in [0.15, 0.2) is 5.96 Å². The van der Waals surface area contributed by atoms with Crippen molar-refractivity contribution >= 4 is 41.3 Å². The molecule has 8 heteroatoms. The first-order valence-electron chi connectivity index (χ1n) is 9.68. The van der Waals surface area contributed by atoms with Crippen molar-refractivity contribution in [1.82, 2.24) is 20.1 Å². The second-order valence-corrected chi connectivity index (χ2v) is 8.10. The molecule has 156 valence electrons. The molecule has 6 nitrogen and oxygen atoms in total. The highest BCUT2D eigenvalue weighted by Gasteiger charge is 2.30. The maximum Gasteiger partial charge on any atom is 0.194 e. The first kappa shape index (κ1) is 24.6. The lowest BCUT2D eigenvalue weighted by atomic mass is 10.3. The predicted molar refractivity (Wildman–Crippen MR) is 125 cm³/mol. The molecule has 0 amide bonds. The first-order chi connectivity index (χ1) is 12.5. The van der Waals surface area contributed by atoms with E-state index < -0.39 is 0 Å². The van der Waals surface area contributed by atoms with Crippen molar-refractivity contribution in [3.63, 3.8) is 0 Å². The lowest BCUT2D eigenvalue weighted by Gasteiger charge is -2.26. The average Bonchev–Trinajstić information content (AvgIpc) is 3.34. The Morgan fingerprint density at radius 3 is 2.67 bits per heavy atom. The van der Waals surface area contributed by atoms with Gasteiger partial charge >= 0.3 is 0 Å². The van der Waals surface area contributed by atoms with Crippen LogP contribution < -0.4 is 5.32 Å². The molecular weight excluding hydrogens is 473 g/mol. The number of hydrogen-bond acceptors (Lipinski definition) is 5. The van der Waals surface area contributed by atoms with Crippen molar-refractivity contribution < 1.29 is 4.74 Å². The van der Waals surface area contributed by atoms with Crippen LogP contribution in [0, 0.1) is 0 Å². The molecule has 0 aromatic carbocycles. The average molecular weight is 510 g/mol. The fraction of sp³-hybridized carbons (Fsp3) is 0.789. The van der Waals surface area contributed by atoms with Gasteiger partial charge in [0, 0.05) is 44.7 Å². The van der Waals surface area contributed by atoms with Crippen LogP contribution in [0.15, 0.2) is 10.4 Å². The van der Waals surface area contributed by atoms with Gasteiger partial charge < -0.3 is 15.0 Å². The Morgan fingerprint density at radius 1 is 1.41 bits per heavy atom. The van der Waals surface area contributed by atoms with Crippen LogP contribution >= 0.6 is 35.3 Å². The Morgan fingerprint density at radius 2 is 2.11 bits per heavy atom. The molecule has 2 rings (SSSR count). The van der Waals surface area contributed by atoms with E-state index in [0.29, 0.717) is 6.04 Å². The molecule has 1 fully saturated rings. The summed E-state index contributed by atoms with van der Waals surface area (Å²) in [6.45, 7) is 12.1. The normalized spacial score (nSPS) is 15.8. The molecule has 1 atom stereocenters. The van der Waals surface area contributed by atoms with Gasteiger partial charge in [0.05, 0.1) is 18.8 Å². The van der Waals surface area contributed by atoms with Crippen molar-refractivity contribution in [3.05, 3.63) is 16.1 Å². The highest BCUT2D eigenvalue weighted by atomic mass is 127. The van der Waals surface area contributed by atoms with Crippen LogP contribution in [0.4, 0.5) is 0 Å². The Kier molecular flexibility index (Phi) is 11.1. The number of ether oxygens (including phenoxy) is 1. The number of methoxy groups -OCH3 is 1. The molecule has 1 aliphatic rings. The maximum atomic E-state index is 5.35. The number of rotatable bonds is 10. The zero-order valence-corrected chi connectivity index (χ0v) is 20.7. The van der Waals surface area contributed by atoms with Gasteiger partial charge in [-0.25, -0.2) is 4.98 Å². The van der Waals surface area contributed by atoms with Crippen molar-refractivity contribution in [1.29, 1.82) is 0 Å². The molecule has 1 unspecified atom stereocenters. The van der Waals surface area contributed by atoms with E-state index in [4.69, 9.17) is 9.73 Å². The highest BCUT2D eigenvalue weighted by molar-refractivity contribution is 14.0. The molecule has 1 saturated carbocycles. The van der Waals surface area contributed by atoms with Crippen molar-refractivity contribution in [2.45, 2.75) is 65.3 Å². The van der Waals surface area contributed by atoms with Gasteiger partial charge in [-0.2, -0.15) is 0 Å². The summed E-state index contributed by atoms with van der Waals surface area (Å²) in [6, 6.07) is 1.37. The van der Waals surface area contributed by atoms with Gasteiger partial charge in [0.2, 0.25) is 0 Å². The van der Waals surface area contributed by atoms with E-state index >= 15 is 0 Å². The summed E-state index contributed by atoms with van der Waals surface area (Å²) in [5.74, 6) is 0.946. The molecule has 0 aliphatic heterocycles. The number of aromatic nitrogens is 1. The van der Waals surface area contributed by atoms with Crippen molar-refractivity contribution in [2.24, 2.45) is 4.99 Å².